The summed E-state index contributed by atoms with van der Waals surface area (Å²) >= 11 is 0. The van der Waals surface area contributed by atoms with Gasteiger partial charge in [0.05, 0.1) is 5.69 Å². The number of aryl methyl sites for hydroxylation is 1. The fourth-order valence-electron chi connectivity index (χ4n) is 1.32. The van der Waals surface area contributed by atoms with Crippen LogP contribution in [0.15, 0.2) is 22.6 Å². The lowest BCUT2D eigenvalue weighted by Crippen LogP contribution is -1.85. The van der Waals surface area contributed by atoms with Crippen LogP contribution >= 0.6 is 0 Å². The maximum Gasteiger partial charge on any atom is 0.292 e. The van der Waals surface area contributed by atoms with Crippen LogP contribution in [0, 0.1) is 18.6 Å². The highest BCUT2D eigenvalue weighted by molar-refractivity contribution is 5.60. The van der Waals surface area contributed by atoms with Crippen LogP contribution in [-0.4, -0.2) is 4.98 Å². The van der Waals surface area contributed by atoms with Gasteiger partial charge >= 0.3 is 0 Å². The summed E-state index contributed by atoms with van der Waals surface area (Å²) in [5.41, 5.74) is 6.29. The number of rotatable bonds is 1. The Labute approximate surface area is 84.5 Å². The van der Waals surface area contributed by atoms with E-state index in [4.69, 9.17) is 10.2 Å². The van der Waals surface area contributed by atoms with E-state index in [-0.39, 0.29) is 6.01 Å². The van der Waals surface area contributed by atoms with Crippen molar-refractivity contribution in [3.05, 3.63) is 35.5 Å². The summed E-state index contributed by atoms with van der Waals surface area (Å²) in [6, 6.07) is 3.49. The second kappa shape index (κ2) is 3.34. The number of nitrogen functional groups attached to an aromatic ring is 1. The third kappa shape index (κ3) is 1.68. The van der Waals surface area contributed by atoms with Gasteiger partial charge in [-0.25, -0.2) is 8.78 Å². The summed E-state index contributed by atoms with van der Waals surface area (Å²) in [4.78, 5) is 3.83. The predicted octanol–water partition coefficient (Wildman–Crippen LogP) is 2.51. The molecule has 1 aromatic carbocycles. The van der Waals surface area contributed by atoms with Gasteiger partial charge in [0.15, 0.2) is 17.4 Å². The van der Waals surface area contributed by atoms with E-state index in [1.54, 1.807) is 6.92 Å². The molecule has 3 nitrogen and oxygen atoms in total. The minimum Gasteiger partial charge on any atom is -0.423 e. The Morgan fingerprint density at radius 1 is 1.27 bits per heavy atom. The predicted molar refractivity (Wildman–Crippen MR) is 51.0 cm³/mol. The van der Waals surface area contributed by atoms with E-state index in [0.29, 0.717) is 17.0 Å². The first kappa shape index (κ1) is 9.64. The Kier molecular flexibility index (Phi) is 2.15. The average molecular weight is 210 g/mol. The quantitative estimate of drug-likeness (QED) is 0.786. The molecule has 0 spiro atoms. The van der Waals surface area contributed by atoms with Crippen molar-refractivity contribution in [2.45, 2.75) is 6.92 Å². The molecule has 0 saturated heterocycles. The van der Waals surface area contributed by atoms with Crippen LogP contribution in [-0.2, 0) is 0 Å². The summed E-state index contributed by atoms with van der Waals surface area (Å²) in [6.07, 6.45) is 0. The molecular formula is C10H8F2N2O. The first-order valence-electron chi connectivity index (χ1n) is 4.26. The maximum atomic E-state index is 12.9. The summed E-state index contributed by atoms with van der Waals surface area (Å²) in [5, 5.41) is 0. The zero-order chi connectivity index (χ0) is 11.0. The number of benzene rings is 1. The minimum absolute atomic E-state index is 0.00670. The molecule has 0 aliphatic heterocycles. The largest absolute Gasteiger partial charge is 0.423 e. The molecular weight excluding hydrogens is 202 g/mol. The second-order valence-electron chi connectivity index (χ2n) is 3.10. The number of hydrogen-bond acceptors (Lipinski definition) is 3. The van der Waals surface area contributed by atoms with Crippen LogP contribution < -0.4 is 5.73 Å². The fourth-order valence-corrected chi connectivity index (χ4v) is 1.32. The summed E-state index contributed by atoms with van der Waals surface area (Å²) < 4.78 is 30.7. The van der Waals surface area contributed by atoms with Gasteiger partial charge in [0.1, 0.15) is 0 Å². The molecule has 15 heavy (non-hydrogen) atoms. The van der Waals surface area contributed by atoms with Crippen LogP contribution in [0.25, 0.3) is 11.3 Å². The number of nitrogens with two attached hydrogens (primary N) is 1. The van der Waals surface area contributed by atoms with Gasteiger partial charge in [-0.05, 0) is 25.1 Å². The van der Waals surface area contributed by atoms with Crippen molar-refractivity contribution in [3.8, 4) is 11.3 Å². The van der Waals surface area contributed by atoms with Gasteiger partial charge in [-0.15, -0.1) is 0 Å². The molecule has 2 rings (SSSR count). The molecule has 0 saturated carbocycles. The van der Waals surface area contributed by atoms with Gasteiger partial charge in [0.25, 0.3) is 6.01 Å². The molecule has 0 amide bonds. The van der Waals surface area contributed by atoms with E-state index in [1.807, 2.05) is 0 Å². The highest BCUT2D eigenvalue weighted by atomic mass is 19.2. The van der Waals surface area contributed by atoms with Crippen LogP contribution in [0.2, 0.25) is 0 Å². The van der Waals surface area contributed by atoms with E-state index < -0.39 is 11.6 Å². The van der Waals surface area contributed by atoms with Crippen molar-refractivity contribution >= 4 is 6.01 Å². The van der Waals surface area contributed by atoms with Crippen LogP contribution in [0.1, 0.15) is 5.69 Å². The van der Waals surface area contributed by atoms with E-state index in [2.05, 4.69) is 4.98 Å². The number of halogens is 2. The van der Waals surface area contributed by atoms with Crippen LogP contribution in [0.4, 0.5) is 14.8 Å². The lowest BCUT2D eigenvalue weighted by molar-refractivity contribution is 0.508. The lowest BCUT2D eigenvalue weighted by Gasteiger charge is -1.98. The van der Waals surface area contributed by atoms with Crippen LogP contribution in [0.5, 0.6) is 0 Å². The molecule has 0 aliphatic rings. The maximum absolute atomic E-state index is 12.9. The van der Waals surface area contributed by atoms with Gasteiger partial charge in [0.2, 0.25) is 0 Å². The number of nitrogens with zero attached hydrogens (tertiary/aromatic N) is 1. The van der Waals surface area contributed by atoms with Gasteiger partial charge in [-0.1, -0.05) is 0 Å². The number of anilines is 1. The van der Waals surface area contributed by atoms with Crippen LogP contribution in [0.3, 0.4) is 0 Å². The average Bonchev–Trinajstić information content (AvgIpc) is 2.50. The summed E-state index contributed by atoms with van der Waals surface area (Å²) in [7, 11) is 0. The van der Waals surface area contributed by atoms with Gasteiger partial charge in [-0.3, -0.25) is 0 Å². The standard InChI is InChI=1S/C10H8F2N2O/c1-5-9(15-10(13)14-5)6-2-3-7(11)8(12)4-6/h2-4H,1H3,(H2,13,14). The Hall–Kier alpha value is -1.91. The van der Waals surface area contributed by atoms with Gasteiger partial charge < -0.3 is 10.2 Å². The molecule has 0 fully saturated rings. The molecule has 1 heterocycles. The topological polar surface area (TPSA) is 52.0 Å². The summed E-state index contributed by atoms with van der Waals surface area (Å²) in [5.74, 6) is -1.47. The fraction of sp³-hybridized carbons (Fsp3) is 0.100. The van der Waals surface area contributed by atoms with Gasteiger partial charge in [0, 0.05) is 5.56 Å². The third-order valence-corrected chi connectivity index (χ3v) is 1.99. The highest BCUT2D eigenvalue weighted by Gasteiger charge is 2.12. The molecule has 0 aliphatic carbocycles. The molecule has 2 aromatic rings. The zero-order valence-corrected chi connectivity index (χ0v) is 7.92. The molecule has 0 radical (unpaired) electrons. The molecule has 0 bridgehead atoms. The molecule has 0 unspecified atom stereocenters. The number of oxazole rings is 1. The SMILES string of the molecule is Cc1nc(N)oc1-c1ccc(F)c(F)c1. The van der Waals surface area contributed by atoms with E-state index >= 15 is 0 Å². The van der Waals surface area contributed by atoms with E-state index in [1.165, 1.54) is 6.07 Å². The van der Waals surface area contributed by atoms with Crippen molar-refractivity contribution in [2.24, 2.45) is 0 Å². The molecule has 78 valence electrons. The Morgan fingerprint density at radius 2 is 2.00 bits per heavy atom. The highest BCUT2D eigenvalue weighted by Crippen LogP contribution is 2.26. The Bertz CT molecular complexity index is 508. The first-order chi connectivity index (χ1) is 7.08. The van der Waals surface area contributed by atoms with Gasteiger partial charge in [-0.2, -0.15) is 4.98 Å². The van der Waals surface area contributed by atoms with Crippen molar-refractivity contribution in [3.63, 3.8) is 0 Å². The Balaban J connectivity index is 2.54. The number of aromatic nitrogens is 1. The smallest absolute Gasteiger partial charge is 0.292 e. The molecule has 0 atom stereocenters. The molecule has 1 aromatic heterocycles. The Morgan fingerprint density at radius 3 is 2.53 bits per heavy atom. The van der Waals surface area contributed by atoms with Crippen molar-refractivity contribution in [1.82, 2.24) is 4.98 Å². The number of hydrogen-bond donors (Lipinski definition) is 1. The van der Waals surface area contributed by atoms with E-state index in [9.17, 15) is 8.78 Å². The summed E-state index contributed by atoms with van der Waals surface area (Å²) in [6.45, 7) is 1.68. The second-order valence-corrected chi connectivity index (χ2v) is 3.10. The van der Waals surface area contributed by atoms with Crippen molar-refractivity contribution < 1.29 is 13.2 Å². The molecule has 5 heteroatoms. The van der Waals surface area contributed by atoms with Crippen molar-refractivity contribution in [1.29, 1.82) is 0 Å². The molecule has 2 N–H and O–H groups in total. The monoisotopic (exact) mass is 210 g/mol. The van der Waals surface area contributed by atoms with E-state index in [0.717, 1.165) is 12.1 Å². The lowest BCUT2D eigenvalue weighted by atomic mass is 10.1. The van der Waals surface area contributed by atoms with Crippen molar-refractivity contribution in [2.75, 3.05) is 5.73 Å². The normalized spacial score (nSPS) is 10.6. The third-order valence-electron chi connectivity index (χ3n) is 1.99. The zero-order valence-electron chi connectivity index (χ0n) is 7.92. The minimum atomic E-state index is -0.929. The first-order valence-corrected chi connectivity index (χ1v) is 4.26.